The summed E-state index contributed by atoms with van der Waals surface area (Å²) in [7, 11) is 1.63. The van der Waals surface area contributed by atoms with Crippen LogP contribution in [0.4, 0.5) is 5.69 Å². The summed E-state index contributed by atoms with van der Waals surface area (Å²) in [5, 5.41) is 5.14. The van der Waals surface area contributed by atoms with Crippen molar-refractivity contribution in [3.63, 3.8) is 0 Å². The maximum absolute atomic E-state index is 12.7. The van der Waals surface area contributed by atoms with E-state index >= 15 is 0 Å². The van der Waals surface area contributed by atoms with E-state index in [1.807, 2.05) is 48.5 Å². The maximum atomic E-state index is 12.7. The summed E-state index contributed by atoms with van der Waals surface area (Å²) >= 11 is 0. The molecule has 0 bridgehead atoms. The van der Waals surface area contributed by atoms with Gasteiger partial charge in [-0.3, -0.25) is 9.59 Å². The zero-order valence-electron chi connectivity index (χ0n) is 15.8. The van der Waals surface area contributed by atoms with E-state index in [0.29, 0.717) is 25.1 Å². The van der Waals surface area contributed by atoms with E-state index in [9.17, 15) is 9.59 Å². The van der Waals surface area contributed by atoms with Gasteiger partial charge in [0.15, 0.2) is 0 Å². The lowest BCUT2D eigenvalue weighted by Crippen LogP contribution is -2.26. The molecule has 3 aromatic carbocycles. The number of benzene rings is 3. The highest BCUT2D eigenvalue weighted by atomic mass is 16.5. The van der Waals surface area contributed by atoms with Crippen LogP contribution in [0.1, 0.15) is 28.8 Å². The lowest BCUT2D eigenvalue weighted by Gasteiger charge is -2.17. The summed E-state index contributed by atoms with van der Waals surface area (Å²) < 4.78 is 5.49. The van der Waals surface area contributed by atoms with Crippen LogP contribution >= 0.6 is 0 Å². The van der Waals surface area contributed by atoms with Crippen LogP contribution < -0.4 is 15.0 Å². The molecule has 5 nitrogen and oxygen atoms in total. The van der Waals surface area contributed by atoms with Crippen LogP contribution in [0.5, 0.6) is 5.75 Å². The summed E-state index contributed by atoms with van der Waals surface area (Å²) in [5.41, 5.74) is 2.26. The van der Waals surface area contributed by atoms with Crippen molar-refractivity contribution in [2.45, 2.75) is 19.4 Å². The molecule has 142 valence electrons. The Morgan fingerprint density at radius 2 is 1.96 bits per heavy atom. The minimum atomic E-state index is -0.177. The molecule has 1 aliphatic heterocycles. The topological polar surface area (TPSA) is 58.6 Å². The molecule has 1 aliphatic rings. The highest BCUT2D eigenvalue weighted by molar-refractivity contribution is 5.99. The zero-order chi connectivity index (χ0) is 19.5. The van der Waals surface area contributed by atoms with Crippen molar-refractivity contribution in [2.24, 2.45) is 0 Å². The van der Waals surface area contributed by atoms with Crippen LogP contribution in [0, 0.1) is 0 Å². The molecule has 1 N–H and O–H groups in total. The SMILES string of the molecule is COc1ccc2ccccc2c1CNC(=O)c1cccc(N2CCCC2=O)c1. The Bertz CT molecular complexity index is 1040. The Labute approximate surface area is 163 Å². The number of hydrogen-bond acceptors (Lipinski definition) is 3. The third kappa shape index (κ3) is 3.43. The van der Waals surface area contributed by atoms with Gasteiger partial charge in [0.1, 0.15) is 5.75 Å². The van der Waals surface area contributed by atoms with Crippen LogP contribution in [-0.2, 0) is 11.3 Å². The number of ether oxygens (including phenoxy) is 1. The molecule has 1 heterocycles. The molecular formula is C23H22N2O3. The van der Waals surface area contributed by atoms with Crippen molar-refractivity contribution >= 4 is 28.3 Å². The summed E-state index contributed by atoms with van der Waals surface area (Å²) in [6, 6.07) is 19.2. The highest BCUT2D eigenvalue weighted by Crippen LogP contribution is 2.28. The minimum absolute atomic E-state index is 0.109. The fourth-order valence-electron chi connectivity index (χ4n) is 3.70. The Balaban J connectivity index is 1.55. The molecule has 0 atom stereocenters. The number of carbonyl (C=O) groups excluding carboxylic acids is 2. The Morgan fingerprint density at radius 3 is 2.75 bits per heavy atom. The quantitative estimate of drug-likeness (QED) is 0.737. The molecule has 3 aromatic rings. The third-order valence-corrected chi connectivity index (χ3v) is 5.14. The second-order valence-corrected chi connectivity index (χ2v) is 6.85. The van der Waals surface area contributed by atoms with E-state index in [0.717, 1.165) is 34.2 Å². The van der Waals surface area contributed by atoms with Gasteiger partial charge in [0.05, 0.1) is 7.11 Å². The van der Waals surface area contributed by atoms with Crippen molar-refractivity contribution in [1.82, 2.24) is 5.32 Å². The molecule has 4 rings (SSSR count). The molecule has 2 amide bonds. The number of nitrogens with zero attached hydrogens (tertiary/aromatic N) is 1. The molecule has 0 spiro atoms. The molecular weight excluding hydrogens is 352 g/mol. The number of anilines is 1. The van der Waals surface area contributed by atoms with E-state index in [4.69, 9.17) is 4.74 Å². The molecule has 0 saturated carbocycles. The smallest absolute Gasteiger partial charge is 0.251 e. The number of methoxy groups -OCH3 is 1. The van der Waals surface area contributed by atoms with Crippen LogP contribution in [0.25, 0.3) is 10.8 Å². The van der Waals surface area contributed by atoms with Gasteiger partial charge < -0.3 is 15.0 Å². The normalized spacial score (nSPS) is 13.8. The van der Waals surface area contributed by atoms with Gasteiger partial charge in [0.2, 0.25) is 5.91 Å². The van der Waals surface area contributed by atoms with Crippen molar-refractivity contribution in [3.8, 4) is 5.75 Å². The standard InChI is InChI=1S/C23H22N2O3/c1-28-21-12-11-16-6-2-3-9-19(16)20(21)15-24-23(27)17-7-4-8-18(14-17)25-13-5-10-22(25)26/h2-4,6-9,11-12,14H,5,10,13,15H2,1H3,(H,24,27). The van der Waals surface area contributed by atoms with E-state index in [1.165, 1.54) is 0 Å². The van der Waals surface area contributed by atoms with Crippen LogP contribution in [0.2, 0.25) is 0 Å². The number of fused-ring (bicyclic) bond motifs is 1. The van der Waals surface area contributed by atoms with Crippen LogP contribution in [0.15, 0.2) is 60.7 Å². The minimum Gasteiger partial charge on any atom is -0.496 e. The molecule has 0 radical (unpaired) electrons. The summed E-state index contributed by atoms with van der Waals surface area (Å²) in [4.78, 5) is 26.5. The van der Waals surface area contributed by atoms with Crippen molar-refractivity contribution < 1.29 is 14.3 Å². The third-order valence-electron chi connectivity index (χ3n) is 5.14. The van der Waals surface area contributed by atoms with E-state index in [2.05, 4.69) is 5.32 Å². The van der Waals surface area contributed by atoms with Gasteiger partial charge in [0.25, 0.3) is 5.91 Å². The lowest BCUT2D eigenvalue weighted by atomic mass is 10.0. The summed E-state index contributed by atoms with van der Waals surface area (Å²) in [6.45, 7) is 1.06. The van der Waals surface area contributed by atoms with Gasteiger partial charge >= 0.3 is 0 Å². The number of rotatable bonds is 5. The molecule has 1 fully saturated rings. The second kappa shape index (κ2) is 7.72. The molecule has 0 aromatic heterocycles. The van der Waals surface area contributed by atoms with Crippen molar-refractivity contribution in [2.75, 3.05) is 18.6 Å². The first-order chi connectivity index (χ1) is 13.7. The monoisotopic (exact) mass is 374 g/mol. The lowest BCUT2D eigenvalue weighted by molar-refractivity contribution is -0.117. The van der Waals surface area contributed by atoms with Gasteiger partial charge in [-0.2, -0.15) is 0 Å². The van der Waals surface area contributed by atoms with Crippen molar-refractivity contribution in [3.05, 3.63) is 71.8 Å². The van der Waals surface area contributed by atoms with E-state index in [-0.39, 0.29) is 11.8 Å². The molecule has 28 heavy (non-hydrogen) atoms. The van der Waals surface area contributed by atoms with Gasteiger partial charge in [-0.05, 0) is 41.5 Å². The maximum Gasteiger partial charge on any atom is 0.251 e. The predicted octanol–water partition coefficient (Wildman–Crippen LogP) is 3.91. The summed E-state index contributed by atoms with van der Waals surface area (Å²) in [6.07, 6.45) is 1.42. The summed E-state index contributed by atoms with van der Waals surface area (Å²) in [5.74, 6) is 0.678. The van der Waals surface area contributed by atoms with E-state index < -0.39 is 0 Å². The highest BCUT2D eigenvalue weighted by Gasteiger charge is 2.22. The zero-order valence-corrected chi connectivity index (χ0v) is 15.8. The van der Waals surface area contributed by atoms with Crippen LogP contribution in [0.3, 0.4) is 0 Å². The molecule has 5 heteroatoms. The molecule has 0 unspecified atom stereocenters. The Morgan fingerprint density at radius 1 is 1.11 bits per heavy atom. The first kappa shape index (κ1) is 18.0. The fourth-order valence-corrected chi connectivity index (χ4v) is 3.70. The van der Waals surface area contributed by atoms with Gasteiger partial charge in [-0.25, -0.2) is 0 Å². The van der Waals surface area contributed by atoms with Gasteiger partial charge in [0, 0.05) is 36.3 Å². The van der Waals surface area contributed by atoms with Crippen molar-refractivity contribution in [1.29, 1.82) is 0 Å². The fraction of sp³-hybridized carbons (Fsp3) is 0.217. The van der Waals surface area contributed by atoms with Gasteiger partial charge in [-0.15, -0.1) is 0 Å². The average Bonchev–Trinajstić information content (AvgIpc) is 3.17. The van der Waals surface area contributed by atoms with E-state index in [1.54, 1.807) is 24.1 Å². The number of carbonyl (C=O) groups is 2. The predicted molar refractivity (Wildman–Crippen MR) is 110 cm³/mol. The number of nitrogens with one attached hydrogen (secondary N) is 1. The van der Waals surface area contributed by atoms with Gasteiger partial charge in [-0.1, -0.05) is 36.4 Å². The Kier molecular flexibility index (Phi) is 4.98. The Hall–Kier alpha value is -3.34. The number of hydrogen-bond donors (Lipinski definition) is 1. The largest absolute Gasteiger partial charge is 0.496 e. The second-order valence-electron chi connectivity index (χ2n) is 6.85. The first-order valence-corrected chi connectivity index (χ1v) is 9.40. The number of amides is 2. The van der Waals surface area contributed by atoms with Crippen LogP contribution in [-0.4, -0.2) is 25.5 Å². The average molecular weight is 374 g/mol. The molecule has 0 aliphatic carbocycles. The first-order valence-electron chi connectivity index (χ1n) is 9.40. The molecule has 1 saturated heterocycles.